The molecule has 22 heavy (non-hydrogen) atoms. The number of amides is 2. The number of carboxylic acids is 1. The first-order chi connectivity index (χ1) is 10.2. The van der Waals surface area contributed by atoms with Gasteiger partial charge in [-0.25, -0.2) is 4.79 Å². The summed E-state index contributed by atoms with van der Waals surface area (Å²) in [7, 11) is 1.47. The molecule has 2 amide bonds. The van der Waals surface area contributed by atoms with Crippen LogP contribution in [0.25, 0.3) is 0 Å². The van der Waals surface area contributed by atoms with Gasteiger partial charge in [-0.05, 0) is 32.1 Å². The van der Waals surface area contributed by atoms with Gasteiger partial charge < -0.3 is 20.0 Å². The molecule has 0 spiro atoms. The monoisotopic (exact) mass is 314 g/mol. The molecule has 0 radical (unpaired) electrons. The number of likely N-dealkylation sites (N-methyl/N-ethyl adjacent to an activating group) is 1. The smallest absolute Gasteiger partial charge is 0.326 e. The Morgan fingerprint density at radius 1 is 1.27 bits per heavy atom. The van der Waals surface area contributed by atoms with Crippen molar-refractivity contribution in [3.8, 4) is 0 Å². The van der Waals surface area contributed by atoms with Crippen molar-refractivity contribution in [3.63, 3.8) is 0 Å². The third kappa shape index (κ3) is 4.19. The molecular formula is C15H26N2O5. The number of aliphatic hydroxyl groups excluding tert-OH is 1. The maximum absolute atomic E-state index is 12.6. The highest BCUT2D eigenvalue weighted by molar-refractivity contribution is 5.91. The molecule has 1 saturated heterocycles. The number of carbonyl (C=O) groups excluding carboxylic acids is 2. The predicted octanol–water partition coefficient (Wildman–Crippen LogP) is 0.316. The Balaban J connectivity index is 2.88. The third-order valence-corrected chi connectivity index (χ3v) is 3.97. The zero-order valence-electron chi connectivity index (χ0n) is 13.7. The summed E-state index contributed by atoms with van der Waals surface area (Å²) in [5.41, 5.74) is 0. The first-order valence-electron chi connectivity index (χ1n) is 7.64. The fourth-order valence-corrected chi connectivity index (χ4v) is 2.79. The van der Waals surface area contributed by atoms with E-state index in [2.05, 4.69) is 0 Å². The van der Waals surface area contributed by atoms with E-state index >= 15 is 0 Å². The van der Waals surface area contributed by atoms with E-state index < -0.39 is 30.1 Å². The summed E-state index contributed by atoms with van der Waals surface area (Å²) in [5.74, 6) is -1.77. The van der Waals surface area contributed by atoms with E-state index in [1.807, 2.05) is 13.8 Å². The minimum absolute atomic E-state index is 0.134. The SMILES string of the molecule is CC(C)C[C@H](C(=O)O)N(C)C(=O)[C@@H]1CCCN1C(=O)C(C)O. The first kappa shape index (κ1) is 18.4. The van der Waals surface area contributed by atoms with Gasteiger partial charge in [-0.1, -0.05) is 13.8 Å². The normalized spacial score (nSPS) is 20.8. The molecule has 2 N–H and O–H groups in total. The fraction of sp³-hybridized carbons (Fsp3) is 0.800. The first-order valence-corrected chi connectivity index (χ1v) is 7.64. The average molecular weight is 314 g/mol. The zero-order chi connectivity index (χ0) is 17.0. The zero-order valence-corrected chi connectivity index (χ0v) is 13.7. The van der Waals surface area contributed by atoms with Crippen molar-refractivity contribution in [2.24, 2.45) is 5.92 Å². The Kier molecular flexibility index (Phi) is 6.34. The standard InChI is InChI=1S/C15H26N2O5/c1-9(2)8-12(15(21)22)16(4)14(20)11-6-5-7-17(11)13(19)10(3)18/h9-12,18H,5-8H2,1-4H3,(H,21,22)/t10?,11-,12+/m0/s1. The van der Waals surface area contributed by atoms with Gasteiger partial charge >= 0.3 is 5.97 Å². The van der Waals surface area contributed by atoms with Crippen molar-refractivity contribution < 1.29 is 24.6 Å². The Hall–Kier alpha value is -1.63. The second-order valence-corrected chi connectivity index (χ2v) is 6.30. The lowest BCUT2D eigenvalue weighted by atomic mass is 10.0. The van der Waals surface area contributed by atoms with Crippen molar-refractivity contribution >= 4 is 17.8 Å². The summed E-state index contributed by atoms with van der Waals surface area (Å²) >= 11 is 0. The number of rotatable bonds is 6. The number of aliphatic hydroxyl groups is 1. The lowest BCUT2D eigenvalue weighted by Crippen LogP contribution is -2.53. The minimum atomic E-state index is -1.16. The van der Waals surface area contributed by atoms with Crippen LogP contribution in [0.15, 0.2) is 0 Å². The molecule has 0 aromatic carbocycles. The van der Waals surface area contributed by atoms with Crippen molar-refractivity contribution in [1.29, 1.82) is 0 Å². The maximum atomic E-state index is 12.6. The van der Waals surface area contributed by atoms with Gasteiger partial charge in [0, 0.05) is 13.6 Å². The lowest BCUT2D eigenvalue weighted by molar-refractivity contribution is -0.154. The van der Waals surface area contributed by atoms with Crippen LogP contribution < -0.4 is 0 Å². The number of hydrogen-bond donors (Lipinski definition) is 2. The van der Waals surface area contributed by atoms with E-state index in [1.54, 1.807) is 0 Å². The molecule has 126 valence electrons. The van der Waals surface area contributed by atoms with Crippen LogP contribution in [0.4, 0.5) is 0 Å². The van der Waals surface area contributed by atoms with Crippen molar-refractivity contribution in [1.82, 2.24) is 9.80 Å². The van der Waals surface area contributed by atoms with Gasteiger partial charge in [0.1, 0.15) is 18.2 Å². The maximum Gasteiger partial charge on any atom is 0.326 e. The minimum Gasteiger partial charge on any atom is -0.480 e. The van der Waals surface area contributed by atoms with Gasteiger partial charge in [-0.3, -0.25) is 9.59 Å². The number of hydrogen-bond acceptors (Lipinski definition) is 4. The lowest BCUT2D eigenvalue weighted by Gasteiger charge is -2.32. The molecule has 1 aliphatic rings. The molecule has 1 aliphatic heterocycles. The van der Waals surface area contributed by atoms with Crippen LogP contribution in [0.1, 0.15) is 40.0 Å². The molecule has 1 heterocycles. The van der Waals surface area contributed by atoms with E-state index in [-0.39, 0.29) is 11.8 Å². The average Bonchev–Trinajstić information content (AvgIpc) is 2.90. The molecule has 0 bridgehead atoms. The van der Waals surface area contributed by atoms with Crippen LogP contribution in [0.5, 0.6) is 0 Å². The molecule has 1 rings (SSSR count). The van der Waals surface area contributed by atoms with Gasteiger partial charge in [0.2, 0.25) is 5.91 Å². The van der Waals surface area contributed by atoms with Gasteiger partial charge in [0.05, 0.1) is 0 Å². The number of carboxylic acid groups (broad SMARTS) is 1. The Bertz CT molecular complexity index is 436. The van der Waals surface area contributed by atoms with Crippen molar-refractivity contribution in [2.75, 3.05) is 13.6 Å². The van der Waals surface area contributed by atoms with Crippen LogP contribution in [-0.2, 0) is 14.4 Å². The molecule has 1 unspecified atom stereocenters. The Morgan fingerprint density at radius 2 is 1.86 bits per heavy atom. The molecule has 1 fully saturated rings. The second-order valence-electron chi connectivity index (χ2n) is 6.30. The van der Waals surface area contributed by atoms with Crippen molar-refractivity contribution in [2.45, 2.75) is 58.2 Å². The number of nitrogens with zero attached hydrogens (tertiary/aromatic N) is 2. The van der Waals surface area contributed by atoms with Crippen LogP contribution in [0, 0.1) is 5.92 Å². The molecule has 0 aromatic heterocycles. The van der Waals surface area contributed by atoms with Crippen LogP contribution in [-0.4, -0.2) is 69.6 Å². The van der Waals surface area contributed by atoms with Gasteiger partial charge in [0.25, 0.3) is 5.91 Å². The van der Waals surface area contributed by atoms with Gasteiger partial charge in [-0.15, -0.1) is 0 Å². The number of likely N-dealkylation sites (tertiary alicyclic amines) is 1. The van der Waals surface area contributed by atoms with E-state index in [9.17, 15) is 24.6 Å². The summed E-state index contributed by atoms with van der Waals surface area (Å²) in [6, 6.07) is -1.59. The summed E-state index contributed by atoms with van der Waals surface area (Å²) in [6.45, 7) is 5.57. The predicted molar refractivity (Wildman–Crippen MR) is 80.1 cm³/mol. The molecule has 7 heteroatoms. The number of carbonyl (C=O) groups is 3. The highest BCUT2D eigenvalue weighted by Gasteiger charge is 2.39. The Labute approximate surface area is 130 Å². The quantitative estimate of drug-likeness (QED) is 0.735. The fourth-order valence-electron chi connectivity index (χ4n) is 2.79. The van der Waals surface area contributed by atoms with E-state index in [1.165, 1.54) is 23.8 Å². The Morgan fingerprint density at radius 3 is 2.32 bits per heavy atom. The summed E-state index contributed by atoms with van der Waals surface area (Å²) in [4.78, 5) is 38.5. The summed E-state index contributed by atoms with van der Waals surface area (Å²) in [6.07, 6.45) is 0.360. The topological polar surface area (TPSA) is 98.2 Å². The van der Waals surface area contributed by atoms with Crippen LogP contribution in [0.2, 0.25) is 0 Å². The number of aliphatic carboxylic acids is 1. The largest absolute Gasteiger partial charge is 0.480 e. The van der Waals surface area contributed by atoms with Gasteiger partial charge in [-0.2, -0.15) is 0 Å². The van der Waals surface area contributed by atoms with Crippen LogP contribution in [0.3, 0.4) is 0 Å². The van der Waals surface area contributed by atoms with Crippen LogP contribution >= 0.6 is 0 Å². The molecule has 3 atom stereocenters. The van der Waals surface area contributed by atoms with E-state index in [4.69, 9.17) is 0 Å². The molecule has 0 saturated carbocycles. The molecular weight excluding hydrogens is 288 g/mol. The van der Waals surface area contributed by atoms with Crippen molar-refractivity contribution in [3.05, 3.63) is 0 Å². The van der Waals surface area contributed by atoms with E-state index in [0.29, 0.717) is 25.8 Å². The summed E-state index contributed by atoms with van der Waals surface area (Å²) in [5, 5.41) is 18.8. The summed E-state index contributed by atoms with van der Waals surface area (Å²) < 4.78 is 0. The highest BCUT2D eigenvalue weighted by atomic mass is 16.4. The molecule has 0 aromatic rings. The van der Waals surface area contributed by atoms with Gasteiger partial charge in [0.15, 0.2) is 0 Å². The molecule has 7 nitrogen and oxygen atoms in total. The highest BCUT2D eigenvalue weighted by Crippen LogP contribution is 2.22. The third-order valence-electron chi connectivity index (χ3n) is 3.97. The van der Waals surface area contributed by atoms with E-state index in [0.717, 1.165) is 0 Å². The second kappa shape index (κ2) is 7.58. The molecule has 0 aliphatic carbocycles.